The van der Waals surface area contributed by atoms with Gasteiger partial charge in [0.25, 0.3) is 0 Å². The molecule has 4 rings (SSSR count). The van der Waals surface area contributed by atoms with Crippen LogP contribution in [0.1, 0.15) is 41.3 Å². The van der Waals surface area contributed by atoms with Crippen LogP contribution in [-0.4, -0.2) is 16.0 Å². The Kier molecular flexibility index (Phi) is 6.04. The highest BCUT2D eigenvalue weighted by Gasteiger charge is 2.44. The molecule has 0 aromatic heterocycles. The maximum absolute atomic E-state index is 13.4. The van der Waals surface area contributed by atoms with Gasteiger partial charge in [0.05, 0.1) is 15.7 Å². The predicted octanol–water partition coefficient (Wildman–Crippen LogP) is 7.16. The summed E-state index contributed by atoms with van der Waals surface area (Å²) in [5, 5.41) is 29.1. The van der Waals surface area contributed by atoms with Gasteiger partial charge in [0, 0.05) is 17.5 Å². The number of aromatic hydroxyl groups is 2. The molecule has 0 fully saturated rings. The van der Waals surface area contributed by atoms with Gasteiger partial charge in [-0.3, -0.25) is 4.79 Å². The number of ketones is 1. The van der Waals surface area contributed by atoms with E-state index in [0.717, 1.165) is 16.7 Å². The van der Waals surface area contributed by atoms with Crippen molar-refractivity contribution in [2.24, 2.45) is 10.2 Å². The van der Waals surface area contributed by atoms with E-state index in [0.29, 0.717) is 22.7 Å². The molecule has 32 heavy (non-hydrogen) atoms. The van der Waals surface area contributed by atoms with Crippen LogP contribution in [0.2, 0.25) is 10.0 Å². The number of rotatable bonds is 6. The highest BCUT2D eigenvalue weighted by atomic mass is 35.5. The SMILES string of the molecule is CCC1=C(c2ccc(O)cc2)N=NC1(CC(=O)c1cccc(Cl)c1Cl)c1ccc(O)cc1. The van der Waals surface area contributed by atoms with Crippen molar-refractivity contribution < 1.29 is 15.0 Å². The first-order valence-corrected chi connectivity index (χ1v) is 10.8. The van der Waals surface area contributed by atoms with E-state index in [9.17, 15) is 15.0 Å². The molecule has 5 nitrogen and oxygen atoms in total. The van der Waals surface area contributed by atoms with Crippen LogP contribution in [0.4, 0.5) is 0 Å². The van der Waals surface area contributed by atoms with E-state index in [1.165, 1.54) is 0 Å². The van der Waals surface area contributed by atoms with Crippen LogP contribution in [0.3, 0.4) is 0 Å². The molecule has 0 saturated heterocycles. The summed E-state index contributed by atoms with van der Waals surface area (Å²) in [4.78, 5) is 13.4. The molecule has 3 aromatic rings. The Hall–Kier alpha value is -3.15. The summed E-state index contributed by atoms with van der Waals surface area (Å²) < 4.78 is 0. The number of phenols is 2. The van der Waals surface area contributed by atoms with Gasteiger partial charge in [0.15, 0.2) is 5.78 Å². The fraction of sp³-hybridized carbons (Fsp3) is 0.160. The van der Waals surface area contributed by atoms with Crippen molar-refractivity contribution in [3.63, 3.8) is 0 Å². The van der Waals surface area contributed by atoms with Gasteiger partial charge in [0.2, 0.25) is 0 Å². The zero-order valence-electron chi connectivity index (χ0n) is 17.2. The Labute approximate surface area is 195 Å². The van der Waals surface area contributed by atoms with Crippen molar-refractivity contribution in [2.75, 3.05) is 0 Å². The first-order chi connectivity index (χ1) is 15.4. The molecule has 0 spiro atoms. The molecule has 2 N–H and O–H groups in total. The molecule has 0 amide bonds. The molecule has 1 unspecified atom stereocenters. The standard InChI is InChI=1S/C25H20Cl2N2O3/c1-2-20-24(15-6-10-17(30)11-7-15)28-29-25(20,16-8-12-18(31)13-9-16)14-22(32)19-4-3-5-21(26)23(19)27/h3-13,30-31H,2,14H2,1H3. The van der Waals surface area contributed by atoms with E-state index >= 15 is 0 Å². The molecule has 162 valence electrons. The van der Waals surface area contributed by atoms with Crippen molar-refractivity contribution in [2.45, 2.75) is 25.3 Å². The molecule has 0 radical (unpaired) electrons. The molecule has 1 heterocycles. The number of azo groups is 1. The van der Waals surface area contributed by atoms with Gasteiger partial charge in [-0.25, -0.2) is 0 Å². The summed E-state index contributed by atoms with van der Waals surface area (Å²) in [6.45, 7) is 1.98. The van der Waals surface area contributed by atoms with Crippen LogP contribution in [0, 0.1) is 0 Å². The fourth-order valence-electron chi connectivity index (χ4n) is 4.02. The number of benzene rings is 3. The number of carbonyl (C=O) groups excluding carboxylic acids is 1. The molecule has 0 saturated carbocycles. The number of Topliss-reactive ketones (excluding diaryl/α,β-unsaturated/α-hetero) is 1. The van der Waals surface area contributed by atoms with Gasteiger partial charge in [-0.2, -0.15) is 10.2 Å². The van der Waals surface area contributed by atoms with E-state index < -0.39 is 5.54 Å². The Morgan fingerprint density at radius 3 is 2.19 bits per heavy atom. The zero-order chi connectivity index (χ0) is 22.9. The first-order valence-electron chi connectivity index (χ1n) is 10.1. The predicted molar refractivity (Wildman–Crippen MR) is 125 cm³/mol. The summed E-state index contributed by atoms with van der Waals surface area (Å²) in [5.74, 6) is 0.0455. The lowest BCUT2D eigenvalue weighted by molar-refractivity contribution is 0.0958. The van der Waals surface area contributed by atoms with Crippen molar-refractivity contribution in [3.05, 3.63) is 99.0 Å². The van der Waals surface area contributed by atoms with E-state index in [1.54, 1.807) is 66.7 Å². The minimum Gasteiger partial charge on any atom is -0.508 e. The third-order valence-corrected chi connectivity index (χ3v) is 6.43. The average molecular weight is 467 g/mol. The lowest BCUT2D eigenvalue weighted by atomic mass is 9.76. The van der Waals surface area contributed by atoms with Crippen molar-refractivity contribution in [1.29, 1.82) is 0 Å². The molecular weight excluding hydrogens is 447 g/mol. The molecule has 1 atom stereocenters. The van der Waals surface area contributed by atoms with Gasteiger partial charge in [-0.15, -0.1) is 0 Å². The van der Waals surface area contributed by atoms with Crippen molar-refractivity contribution in [3.8, 4) is 11.5 Å². The molecular formula is C25H20Cl2N2O3. The fourth-order valence-corrected chi connectivity index (χ4v) is 4.43. The Bertz CT molecular complexity index is 1240. The largest absolute Gasteiger partial charge is 0.508 e. The molecule has 1 aliphatic rings. The summed E-state index contributed by atoms with van der Waals surface area (Å²) in [6, 6.07) is 18.3. The molecule has 0 bridgehead atoms. The van der Waals surface area contributed by atoms with Gasteiger partial charge in [-0.05, 0) is 66.1 Å². The molecule has 0 aliphatic carbocycles. The van der Waals surface area contributed by atoms with Crippen LogP contribution in [-0.2, 0) is 5.54 Å². The first kappa shape index (κ1) is 22.1. The van der Waals surface area contributed by atoms with Crippen LogP contribution >= 0.6 is 23.2 Å². The van der Waals surface area contributed by atoms with E-state index in [-0.39, 0.29) is 28.7 Å². The monoisotopic (exact) mass is 466 g/mol. The molecule has 7 heteroatoms. The minimum absolute atomic E-state index is 0.00784. The summed E-state index contributed by atoms with van der Waals surface area (Å²) >= 11 is 12.5. The number of hydrogen-bond acceptors (Lipinski definition) is 5. The number of nitrogens with zero attached hydrogens (tertiary/aromatic N) is 2. The van der Waals surface area contributed by atoms with Crippen molar-refractivity contribution >= 4 is 34.7 Å². The second-order valence-electron chi connectivity index (χ2n) is 7.54. The average Bonchev–Trinajstić information content (AvgIpc) is 3.15. The topological polar surface area (TPSA) is 82.2 Å². The second-order valence-corrected chi connectivity index (χ2v) is 8.32. The smallest absolute Gasteiger partial charge is 0.167 e. The Morgan fingerprint density at radius 2 is 1.56 bits per heavy atom. The number of halogens is 2. The Morgan fingerprint density at radius 1 is 0.938 bits per heavy atom. The van der Waals surface area contributed by atoms with Crippen LogP contribution in [0.25, 0.3) is 5.70 Å². The van der Waals surface area contributed by atoms with Crippen LogP contribution in [0.15, 0.2) is 82.5 Å². The van der Waals surface area contributed by atoms with Gasteiger partial charge in [0.1, 0.15) is 17.0 Å². The quantitative estimate of drug-likeness (QED) is 0.378. The normalized spacial score (nSPS) is 17.7. The summed E-state index contributed by atoms with van der Waals surface area (Å²) in [6.07, 6.45) is 0.576. The summed E-state index contributed by atoms with van der Waals surface area (Å²) in [5.41, 5.74) is 2.30. The van der Waals surface area contributed by atoms with Crippen LogP contribution < -0.4 is 0 Å². The van der Waals surface area contributed by atoms with E-state index in [4.69, 9.17) is 23.2 Å². The highest BCUT2D eigenvalue weighted by molar-refractivity contribution is 6.43. The van der Waals surface area contributed by atoms with Gasteiger partial charge in [-0.1, -0.05) is 48.3 Å². The van der Waals surface area contributed by atoms with Gasteiger partial charge >= 0.3 is 0 Å². The maximum Gasteiger partial charge on any atom is 0.167 e. The highest BCUT2D eigenvalue weighted by Crippen LogP contribution is 2.49. The van der Waals surface area contributed by atoms with Crippen molar-refractivity contribution in [1.82, 2.24) is 0 Å². The third kappa shape index (κ3) is 3.90. The van der Waals surface area contributed by atoms with Gasteiger partial charge < -0.3 is 10.2 Å². The lowest BCUT2D eigenvalue weighted by Gasteiger charge is -2.28. The van der Waals surface area contributed by atoms with E-state index in [1.807, 2.05) is 6.92 Å². The number of carbonyl (C=O) groups is 1. The maximum atomic E-state index is 13.4. The Balaban J connectivity index is 1.86. The minimum atomic E-state index is -1.06. The number of phenolic OH excluding ortho intramolecular Hbond substituents is 2. The lowest BCUT2D eigenvalue weighted by Crippen LogP contribution is -2.28. The second kappa shape index (κ2) is 8.77. The third-order valence-electron chi connectivity index (χ3n) is 5.61. The summed E-state index contributed by atoms with van der Waals surface area (Å²) in [7, 11) is 0. The molecule has 1 aliphatic heterocycles. The zero-order valence-corrected chi connectivity index (χ0v) is 18.7. The van der Waals surface area contributed by atoms with E-state index in [2.05, 4.69) is 10.2 Å². The molecule has 3 aromatic carbocycles. The number of hydrogen-bond donors (Lipinski definition) is 2. The van der Waals surface area contributed by atoms with Crippen LogP contribution in [0.5, 0.6) is 11.5 Å².